The molecule has 0 aromatic carbocycles. The lowest BCUT2D eigenvalue weighted by atomic mass is 10.1. The highest BCUT2D eigenvalue weighted by Gasteiger charge is 2.22. The Morgan fingerprint density at radius 3 is 2.90 bits per heavy atom. The molecule has 0 bridgehead atoms. The maximum absolute atomic E-state index is 12.9. The van der Waals surface area contributed by atoms with Crippen LogP contribution in [0.4, 0.5) is 9.18 Å². The maximum Gasteiger partial charge on any atom is 0.315 e. The highest BCUT2D eigenvalue weighted by atomic mass is 19.1. The Labute approximate surface area is 120 Å². The van der Waals surface area contributed by atoms with E-state index in [0.717, 1.165) is 11.8 Å². The summed E-state index contributed by atoms with van der Waals surface area (Å²) in [6, 6.07) is 3.17. The number of amides is 2. The molecule has 1 atom stereocenters. The third kappa shape index (κ3) is 2.76. The van der Waals surface area contributed by atoms with Crippen molar-refractivity contribution in [2.45, 2.75) is 12.5 Å². The summed E-state index contributed by atoms with van der Waals surface area (Å²) in [6.45, 7) is 0.540. The van der Waals surface area contributed by atoms with E-state index in [1.807, 2.05) is 18.2 Å². The second-order valence-corrected chi connectivity index (χ2v) is 4.82. The third-order valence-corrected chi connectivity index (χ3v) is 3.38. The first-order chi connectivity index (χ1) is 10.1. The maximum atomic E-state index is 12.9. The number of hydrogen-bond donors (Lipinski definition) is 1. The average Bonchev–Trinajstić information content (AvgIpc) is 3.09. The number of aromatic nitrogens is 3. The quantitative estimate of drug-likeness (QED) is 0.864. The van der Waals surface area contributed by atoms with E-state index in [1.165, 1.54) is 10.9 Å². The number of halogens is 1. The van der Waals surface area contributed by atoms with E-state index in [1.54, 1.807) is 17.2 Å². The molecule has 0 radical (unpaired) electrons. The average molecular weight is 287 g/mol. The Balaban J connectivity index is 1.73. The van der Waals surface area contributed by atoms with Gasteiger partial charge in [-0.2, -0.15) is 5.10 Å². The van der Waals surface area contributed by atoms with Gasteiger partial charge in [0.2, 0.25) is 0 Å². The van der Waals surface area contributed by atoms with Gasteiger partial charge in [-0.1, -0.05) is 18.2 Å². The van der Waals surface area contributed by atoms with Crippen molar-refractivity contribution in [2.24, 2.45) is 5.73 Å². The highest BCUT2D eigenvalue weighted by Crippen LogP contribution is 2.15. The van der Waals surface area contributed by atoms with E-state index in [9.17, 15) is 9.18 Å². The molecule has 0 spiro atoms. The van der Waals surface area contributed by atoms with Gasteiger partial charge in [0.25, 0.3) is 0 Å². The fraction of sp³-hybridized carbons (Fsp3) is 0.214. The second-order valence-electron chi connectivity index (χ2n) is 4.82. The zero-order chi connectivity index (χ0) is 14.8. The lowest BCUT2D eigenvalue weighted by molar-refractivity contribution is 0.206. The predicted octanol–water partition coefficient (Wildman–Crippen LogP) is 1.27. The van der Waals surface area contributed by atoms with Crippen molar-refractivity contribution < 1.29 is 9.18 Å². The first-order valence-electron chi connectivity index (χ1n) is 6.52. The van der Waals surface area contributed by atoms with Gasteiger partial charge in [0, 0.05) is 12.7 Å². The Hall–Kier alpha value is -2.70. The summed E-state index contributed by atoms with van der Waals surface area (Å²) in [5.41, 5.74) is 6.30. The van der Waals surface area contributed by atoms with Crippen LogP contribution in [0.15, 0.2) is 42.9 Å². The standard InChI is InChI=1S/C14H14FN5O/c15-11-8-18-20(9-11)13-4-3-10(7-17-13)6-12-2-1-5-19(12)14(16)21/h1-4,7-9,12H,5-6H2,(H2,16,21). The molecule has 108 valence electrons. The number of hydrogen-bond acceptors (Lipinski definition) is 3. The molecule has 6 nitrogen and oxygen atoms in total. The van der Waals surface area contributed by atoms with E-state index in [4.69, 9.17) is 5.73 Å². The monoisotopic (exact) mass is 287 g/mol. The number of carbonyl (C=O) groups excluding carboxylic acids is 1. The third-order valence-electron chi connectivity index (χ3n) is 3.38. The van der Waals surface area contributed by atoms with Crippen LogP contribution in [0.1, 0.15) is 5.56 Å². The molecule has 2 N–H and O–H groups in total. The molecule has 21 heavy (non-hydrogen) atoms. The molecule has 2 aromatic heterocycles. The minimum absolute atomic E-state index is 0.0442. The van der Waals surface area contributed by atoms with Crippen LogP contribution in [0.2, 0.25) is 0 Å². The van der Waals surface area contributed by atoms with E-state index in [2.05, 4.69) is 10.1 Å². The zero-order valence-corrected chi connectivity index (χ0v) is 11.2. The lowest BCUT2D eigenvalue weighted by Crippen LogP contribution is -2.40. The number of pyridine rings is 1. The van der Waals surface area contributed by atoms with Gasteiger partial charge in [0.1, 0.15) is 0 Å². The van der Waals surface area contributed by atoms with Gasteiger partial charge in [-0.25, -0.2) is 18.9 Å². The predicted molar refractivity (Wildman–Crippen MR) is 74.2 cm³/mol. The van der Waals surface area contributed by atoms with Gasteiger partial charge in [-0.05, 0) is 18.1 Å². The Kier molecular flexibility index (Phi) is 3.39. The van der Waals surface area contributed by atoms with Gasteiger partial charge in [0.05, 0.1) is 18.4 Å². The molecule has 3 rings (SSSR count). The van der Waals surface area contributed by atoms with Crippen LogP contribution in [0.25, 0.3) is 5.82 Å². The smallest absolute Gasteiger partial charge is 0.315 e. The van der Waals surface area contributed by atoms with Crippen molar-refractivity contribution in [3.63, 3.8) is 0 Å². The van der Waals surface area contributed by atoms with Crippen molar-refractivity contribution in [3.05, 3.63) is 54.3 Å². The molecule has 0 aliphatic carbocycles. The summed E-state index contributed by atoms with van der Waals surface area (Å²) in [5.74, 6) is 0.130. The summed E-state index contributed by atoms with van der Waals surface area (Å²) in [5, 5.41) is 3.85. The molecule has 1 unspecified atom stereocenters. The van der Waals surface area contributed by atoms with Gasteiger partial charge < -0.3 is 10.6 Å². The highest BCUT2D eigenvalue weighted by molar-refractivity contribution is 5.73. The normalized spacial score (nSPS) is 17.4. The molecule has 0 saturated carbocycles. The zero-order valence-electron chi connectivity index (χ0n) is 11.2. The molecule has 1 aliphatic heterocycles. The largest absolute Gasteiger partial charge is 0.351 e. The molecular formula is C14H14FN5O. The van der Waals surface area contributed by atoms with Crippen molar-refractivity contribution in [1.29, 1.82) is 0 Å². The fourth-order valence-electron chi connectivity index (χ4n) is 2.34. The topological polar surface area (TPSA) is 77.0 Å². The summed E-state index contributed by atoms with van der Waals surface area (Å²) < 4.78 is 14.3. The van der Waals surface area contributed by atoms with Crippen LogP contribution in [0.5, 0.6) is 0 Å². The number of primary amides is 1. The van der Waals surface area contributed by atoms with Crippen LogP contribution in [-0.4, -0.2) is 38.3 Å². The van der Waals surface area contributed by atoms with Crippen LogP contribution in [0.3, 0.4) is 0 Å². The van der Waals surface area contributed by atoms with Gasteiger partial charge in [-0.15, -0.1) is 0 Å². The summed E-state index contributed by atoms with van der Waals surface area (Å²) in [4.78, 5) is 17.1. The van der Waals surface area contributed by atoms with Crippen molar-refractivity contribution in [1.82, 2.24) is 19.7 Å². The molecule has 0 fully saturated rings. The summed E-state index contributed by atoms with van der Waals surface area (Å²) in [6.07, 6.45) is 8.60. The SMILES string of the molecule is NC(=O)N1CC=CC1Cc1ccc(-n2cc(F)cn2)nc1. The van der Waals surface area contributed by atoms with Crippen molar-refractivity contribution in [2.75, 3.05) is 6.54 Å². The van der Waals surface area contributed by atoms with Crippen molar-refractivity contribution >= 4 is 6.03 Å². The molecule has 2 amide bonds. The molecule has 1 aliphatic rings. The Morgan fingerprint density at radius 1 is 1.43 bits per heavy atom. The van der Waals surface area contributed by atoms with E-state index < -0.39 is 11.8 Å². The Morgan fingerprint density at radius 2 is 2.29 bits per heavy atom. The Bertz CT molecular complexity index is 679. The van der Waals surface area contributed by atoms with Crippen LogP contribution < -0.4 is 5.73 Å². The van der Waals surface area contributed by atoms with Crippen molar-refractivity contribution in [3.8, 4) is 5.82 Å². The second kappa shape index (κ2) is 5.35. The molecule has 3 heterocycles. The number of nitrogens with two attached hydrogens (primary N) is 1. The van der Waals surface area contributed by atoms with Gasteiger partial charge in [0.15, 0.2) is 11.6 Å². The number of nitrogens with zero attached hydrogens (tertiary/aromatic N) is 4. The van der Waals surface area contributed by atoms with E-state index >= 15 is 0 Å². The minimum Gasteiger partial charge on any atom is -0.351 e. The van der Waals surface area contributed by atoms with E-state index in [0.29, 0.717) is 18.8 Å². The molecule has 2 aromatic rings. The molecular weight excluding hydrogens is 273 g/mol. The van der Waals surface area contributed by atoms with Crippen LogP contribution >= 0.6 is 0 Å². The number of urea groups is 1. The summed E-state index contributed by atoms with van der Waals surface area (Å²) in [7, 11) is 0. The van der Waals surface area contributed by atoms with Gasteiger partial charge in [-0.3, -0.25) is 0 Å². The fourth-order valence-corrected chi connectivity index (χ4v) is 2.34. The molecule has 7 heteroatoms. The van der Waals surface area contributed by atoms with Gasteiger partial charge >= 0.3 is 6.03 Å². The minimum atomic E-state index is -0.429. The molecule has 0 saturated heterocycles. The first-order valence-corrected chi connectivity index (χ1v) is 6.52. The first kappa shape index (κ1) is 13.3. The number of rotatable bonds is 3. The summed E-state index contributed by atoms with van der Waals surface area (Å²) >= 11 is 0. The van der Waals surface area contributed by atoms with Crippen LogP contribution in [0, 0.1) is 5.82 Å². The van der Waals surface area contributed by atoms with Crippen LogP contribution in [-0.2, 0) is 6.42 Å². The number of carbonyl (C=O) groups is 1. The van der Waals surface area contributed by atoms with E-state index in [-0.39, 0.29) is 6.04 Å². The lowest BCUT2D eigenvalue weighted by Gasteiger charge is -2.22.